The van der Waals surface area contributed by atoms with Crippen LogP contribution in [-0.4, -0.2) is 65.6 Å². The van der Waals surface area contributed by atoms with Gasteiger partial charge in [-0.3, -0.25) is 13.9 Å². The maximum Gasteiger partial charge on any atom is 0.264 e. The molecule has 0 spiro atoms. The summed E-state index contributed by atoms with van der Waals surface area (Å²) in [7, 11) is 0.252. The van der Waals surface area contributed by atoms with E-state index in [2.05, 4.69) is 5.32 Å². The van der Waals surface area contributed by atoms with Gasteiger partial charge in [0.15, 0.2) is 11.5 Å². The third kappa shape index (κ3) is 8.43. The van der Waals surface area contributed by atoms with Gasteiger partial charge >= 0.3 is 0 Å². The highest BCUT2D eigenvalue weighted by atomic mass is 32.2. The van der Waals surface area contributed by atoms with Crippen molar-refractivity contribution in [2.75, 3.05) is 38.7 Å². The molecule has 0 aliphatic rings. The average Bonchev–Trinajstić information content (AvgIpc) is 3.03. The summed E-state index contributed by atoms with van der Waals surface area (Å²) in [4.78, 5) is 29.1. The third-order valence-electron chi connectivity index (χ3n) is 7.25. The summed E-state index contributed by atoms with van der Waals surface area (Å²) in [6.07, 6.45) is 2.03. The topological polar surface area (TPSA) is 114 Å². The van der Waals surface area contributed by atoms with Gasteiger partial charge in [-0.25, -0.2) is 8.42 Å². The van der Waals surface area contributed by atoms with Crippen LogP contribution in [0, 0.1) is 6.92 Å². The van der Waals surface area contributed by atoms with Crippen LogP contribution in [0.4, 0.5) is 5.69 Å². The number of carbonyl (C=O) groups excluding carboxylic acids is 2. The number of carbonyl (C=O) groups is 2. The molecule has 44 heavy (non-hydrogen) atoms. The van der Waals surface area contributed by atoms with Crippen LogP contribution in [-0.2, 0) is 26.2 Å². The molecule has 0 bridgehead atoms. The third-order valence-corrected chi connectivity index (χ3v) is 9.03. The first-order chi connectivity index (χ1) is 21.1. The van der Waals surface area contributed by atoms with Gasteiger partial charge in [0.25, 0.3) is 10.0 Å². The van der Waals surface area contributed by atoms with E-state index in [0.717, 1.165) is 28.3 Å². The highest BCUT2D eigenvalue weighted by molar-refractivity contribution is 7.92. The van der Waals surface area contributed by atoms with E-state index in [1.807, 2.05) is 26.8 Å². The smallest absolute Gasteiger partial charge is 0.264 e. The summed E-state index contributed by atoms with van der Waals surface area (Å²) in [5.41, 5.74) is 1.83. The number of hydrogen-bond donors (Lipinski definition) is 1. The van der Waals surface area contributed by atoms with Crippen molar-refractivity contribution >= 4 is 27.5 Å². The van der Waals surface area contributed by atoms with Crippen LogP contribution in [0.1, 0.15) is 44.2 Å². The first-order valence-corrected chi connectivity index (χ1v) is 16.0. The Kier molecular flexibility index (Phi) is 12.5. The molecule has 0 saturated heterocycles. The zero-order valence-electron chi connectivity index (χ0n) is 26.3. The summed E-state index contributed by atoms with van der Waals surface area (Å²) in [5.74, 6) is 0.470. The Bertz CT molecular complexity index is 1510. The van der Waals surface area contributed by atoms with Crippen LogP contribution < -0.4 is 23.8 Å². The number of amides is 2. The molecule has 3 rings (SSSR count). The summed E-state index contributed by atoms with van der Waals surface area (Å²) < 4.78 is 45.5. The lowest BCUT2D eigenvalue weighted by Crippen LogP contribution is -2.52. The molecule has 3 aromatic carbocycles. The number of hydrogen-bond acceptors (Lipinski definition) is 7. The molecule has 3 aromatic rings. The Morgan fingerprint density at radius 1 is 0.886 bits per heavy atom. The molecule has 0 radical (unpaired) electrons. The van der Waals surface area contributed by atoms with Crippen molar-refractivity contribution in [1.29, 1.82) is 0 Å². The second-order valence-electron chi connectivity index (χ2n) is 10.3. The molecular weight excluding hydrogens is 582 g/mol. The molecule has 0 aromatic heterocycles. The fourth-order valence-corrected chi connectivity index (χ4v) is 6.15. The van der Waals surface area contributed by atoms with Gasteiger partial charge < -0.3 is 24.4 Å². The number of unbranched alkanes of at least 4 members (excludes halogenated alkanes) is 1. The minimum absolute atomic E-state index is 0.0226. The van der Waals surface area contributed by atoms with Crippen LogP contribution >= 0.6 is 0 Å². The van der Waals surface area contributed by atoms with Gasteiger partial charge in [0, 0.05) is 19.2 Å². The standard InChI is InChI=1S/C33H43N3O7S/c1-7-9-19-34-33(38)29(8-2)35(22-25-11-10-12-27(20-25)41-4)32(37)23-36(26-15-18-30(42-5)31(21-26)43-6)44(39,40)28-16-13-24(3)14-17-28/h10-18,20-21,29H,7-9,19,22-23H2,1-6H3,(H,34,38). The maximum atomic E-state index is 14.3. The normalized spacial score (nSPS) is 11.8. The van der Waals surface area contributed by atoms with Crippen LogP contribution in [0.2, 0.25) is 0 Å². The van der Waals surface area contributed by atoms with Gasteiger partial charge in [-0.15, -0.1) is 0 Å². The predicted octanol–water partition coefficient (Wildman–Crippen LogP) is 4.94. The van der Waals surface area contributed by atoms with Gasteiger partial charge in [0.05, 0.1) is 31.9 Å². The number of ether oxygens (including phenoxy) is 3. The van der Waals surface area contributed by atoms with Crippen molar-refractivity contribution < 1.29 is 32.2 Å². The molecule has 0 saturated carbocycles. The highest BCUT2D eigenvalue weighted by Crippen LogP contribution is 2.34. The molecule has 2 amide bonds. The fourth-order valence-electron chi connectivity index (χ4n) is 4.74. The van der Waals surface area contributed by atoms with Crippen LogP contribution in [0.5, 0.6) is 17.2 Å². The lowest BCUT2D eigenvalue weighted by Gasteiger charge is -2.33. The van der Waals surface area contributed by atoms with Gasteiger partial charge in [-0.1, -0.05) is 50.1 Å². The Hall–Kier alpha value is -4.25. The molecule has 0 aliphatic heterocycles. The highest BCUT2D eigenvalue weighted by Gasteiger charge is 2.34. The summed E-state index contributed by atoms with van der Waals surface area (Å²) >= 11 is 0. The molecule has 0 fully saturated rings. The van der Waals surface area contributed by atoms with Gasteiger partial charge in [-0.2, -0.15) is 0 Å². The lowest BCUT2D eigenvalue weighted by molar-refractivity contribution is -0.140. The van der Waals surface area contributed by atoms with E-state index in [-0.39, 0.29) is 23.0 Å². The quantitative estimate of drug-likeness (QED) is 0.224. The second kappa shape index (κ2) is 16.0. The van der Waals surface area contributed by atoms with Crippen LogP contribution in [0.15, 0.2) is 71.6 Å². The van der Waals surface area contributed by atoms with Crippen molar-refractivity contribution in [3.8, 4) is 17.2 Å². The monoisotopic (exact) mass is 625 g/mol. The largest absolute Gasteiger partial charge is 0.497 e. The maximum absolute atomic E-state index is 14.3. The van der Waals surface area contributed by atoms with E-state index in [1.54, 1.807) is 49.6 Å². The summed E-state index contributed by atoms with van der Waals surface area (Å²) in [6.45, 7) is 5.70. The number of anilines is 1. The van der Waals surface area contributed by atoms with Crippen LogP contribution in [0.3, 0.4) is 0 Å². The van der Waals surface area contributed by atoms with Gasteiger partial charge in [0.2, 0.25) is 11.8 Å². The van der Waals surface area contributed by atoms with Crippen LogP contribution in [0.25, 0.3) is 0 Å². The number of benzene rings is 3. The summed E-state index contributed by atoms with van der Waals surface area (Å²) in [5, 5.41) is 2.93. The van der Waals surface area contributed by atoms with Crippen molar-refractivity contribution in [3.63, 3.8) is 0 Å². The molecular formula is C33H43N3O7S. The predicted molar refractivity (Wildman–Crippen MR) is 171 cm³/mol. The van der Waals surface area contributed by atoms with Gasteiger partial charge in [0.1, 0.15) is 18.3 Å². The minimum Gasteiger partial charge on any atom is -0.497 e. The summed E-state index contributed by atoms with van der Waals surface area (Å²) in [6, 6.07) is 17.4. The number of aryl methyl sites for hydroxylation is 1. The Labute approximate surface area is 261 Å². The van der Waals surface area contributed by atoms with E-state index < -0.39 is 28.5 Å². The van der Waals surface area contributed by atoms with Crippen molar-refractivity contribution in [3.05, 3.63) is 77.9 Å². The average molecular weight is 626 g/mol. The molecule has 0 heterocycles. The second-order valence-corrected chi connectivity index (χ2v) is 12.2. The lowest BCUT2D eigenvalue weighted by atomic mass is 10.1. The van der Waals surface area contributed by atoms with Crippen molar-refractivity contribution in [1.82, 2.24) is 10.2 Å². The van der Waals surface area contributed by atoms with E-state index in [1.165, 1.54) is 37.3 Å². The van der Waals surface area contributed by atoms with Crippen molar-refractivity contribution in [2.24, 2.45) is 0 Å². The minimum atomic E-state index is -4.23. The fraction of sp³-hybridized carbons (Fsp3) is 0.394. The molecule has 1 unspecified atom stereocenters. The number of methoxy groups -OCH3 is 3. The molecule has 10 nitrogen and oxygen atoms in total. The van der Waals surface area contributed by atoms with Crippen molar-refractivity contribution in [2.45, 2.75) is 57.5 Å². The number of nitrogens with one attached hydrogen (secondary N) is 1. The molecule has 11 heteroatoms. The Morgan fingerprint density at radius 3 is 2.20 bits per heavy atom. The first kappa shape index (κ1) is 34.2. The molecule has 0 aliphatic carbocycles. The Morgan fingerprint density at radius 2 is 1.59 bits per heavy atom. The zero-order valence-corrected chi connectivity index (χ0v) is 27.1. The number of rotatable bonds is 16. The van der Waals surface area contributed by atoms with E-state index >= 15 is 0 Å². The van der Waals surface area contributed by atoms with E-state index in [0.29, 0.717) is 30.2 Å². The van der Waals surface area contributed by atoms with E-state index in [4.69, 9.17) is 14.2 Å². The SMILES string of the molecule is CCCCNC(=O)C(CC)N(Cc1cccc(OC)c1)C(=O)CN(c1ccc(OC)c(OC)c1)S(=O)(=O)c1ccc(C)cc1. The number of nitrogens with zero attached hydrogens (tertiary/aromatic N) is 2. The number of sulfonamides is 1. The molecule has 238 valence electrons. The zero-order chi connectivity index (χ0) is 32.3. The Balaban J connectivity index is 2.10. The molecule has 1 N–H and O–H groups in total. The van der Waals surface area contributed by atoms with E-state index in [9.17, 15) is 18.0 Å². The van der Waals surface area contributed by atoms with Gasteiger partial charge in [-0.05, 0) is 61.7 Å². The first-order valence-electron chi connectivity index (χ1n) is 14.6. The molecule has 1 atom stereocenters.